The van der Waals surface area contributed by atoms with Gasteiger partial charge in [0.05, 0.1) is 11.8 Å². The zero-order valence-electron chi connectivity index (χ0n) is 12.2. The van der Waals surface area contributed by atoms with Gasteiger partial charge in [0.25, 0.3) is 0 Å². The molecule has 0 amide bonds. The van der Waals surface area contributed by atoms with Crippen molar-refractivity contribution in [2.75, 3.05) is 0 Å². The zero-order chi connectivity index (χ0) is 14.9. The lowest BCUT2D eigenvalue weighted by Crippen LogP contribution is -2.11. The van der Waals surface area contributed by atoms with Crippen LogP contribution in [0.25, 0.3) is 0 Å². The summed E-state index contributed by atoms with van der Waals surface area (Å²) < 4.78 is 3.36. The summed E-state index contributed by atoms with van der Waals surface area (Å²) in [4.78, 5) is 4.19. The molecule has 0 radical (unpaired) electrons. The molecule has 0 aliphatic rings. The molecule has 7 heteroatoms. The maximum absolute atomic E-state index is 10.5. The van der Waals surface area contributed by atoms with Crippen LogP contribution in [0.5, 0.6) is 0 Å². The second kappa shape index (κ2) is 5.93. The first-order chi connectivity index (χ1) is 9.45. The van der Waals surface area contributed by atoms with Crippen molar-refractivity contribution in [3.63, 3.8) is 0 Å². The summed E-state index contributed by atoms with van der Waals surface area (Å²) in [6, 6.07) is 0. The summed E-state index contributed by atoms with van der Waals surface area (Å²) in [5.74, 6) is 0.942. The fraction of sp³-hybridized carbons (Fsp3) is 0.615. The Bertz CT molecular complexity index is 590. The summed E-state index contributed by atoms with van der Waals surface area (Å²) in [6.07, 6.45) is 1.14. The normalized spacial score (nSPS) is 13.2. The van der Waals surface area contributed by atoms with E-state index in [0.717, 1.165) is 18.1 Å². The van der Waals surface area contributed by atoms with Crippen LogP contribution in [-0.4, -0.2) is 29.7 Å². The first-order valence-corrected chi connectivity index (χ1v) is 7.10. The number of hydrogen-bond donors (Lipinski definition) is 1. The molecule has 1 atom stereocenters. The van der Waals surface area contributed by atoms with Gasteiger partial charge in [0, 0.05) is 25.6 Å². The van der Waals surface area contributed by atoms with E-state index in [-0.39, 0.29) is 5.92 Å². The van der Waals surface area contributed by atoms with E-state index in [0.29, 0.717) is 17.1 Å². The Morgan fingerprint density at radius 2 is 2.10 bits per heavy atom. The molecule has 0 spiro atoms. The monoisotopic (exact) mass is 297 g/mol. The van der Waals surface area contributed by atoms with Crippen LogP contribution in [-0.2, 0) is 20.0 Å². The lowest BCUT2D eigenvalue weighted by molar-refractivity contribution is 0.172. The third-order valence-electron chi connectivity index (χ3n) is 3.29. The molecule has 2 aromatic heterocycles. The van der Waals surface area contributed by atoms with Gasteiger partial charge in [0.15, 0.2) is 0 Å². The topological polar surface area (TPSA) is 68.8 Å². The second-order valence-corrected chi connectivity index (χ2v) is 5.44. The van der Waals surface area contributed by atoms with Crippen molar-refractivity contribution in [3.8, 4) is 0 Å². The molecule has 2 rings (SSSR count). The van der Waals surface area contributed by atoms with Gasteiger partial charge in [-0.15, -0.1) is 0 Å². The molecule has 2 aromatic rings. The fourth-order valence-corrected chi connectivity index (χ4v) is 2.52. The Morgan fingerprint density at radius 1 is 1.40 bits per heavy atom. The summed E-state index contributed by atoms with van der Waals surface area (Å²) in [5, 5.41) is 19.5. The summed E-state index contributed by atoms with van der Waals surface area (Å²) in [6.45, 7) is 6.77. The van der Waals surface area contributed by atoms with E-state index >= 15 is 0 Å². The van der Waals surface area contributed by atoms with Crippen molar-refractivity contribution < 1.29 is 5.11 Å². The van der Waals surface area contributed by atoms with Gasteiger partial charge in [-0.25, -0.2) is 4.98 Å². The van der Waals surface area contributed by atoms with Crippen LogP contribution in [0.15, 0.2) is 6.33 Å². The minimum absolute atomic E-state index is 0.197. The largest absolute Gasteiger partial charge is 0.388 e. The average Bonchev–Trinajstić information content (AvgIpc) is 2.95. The molecule has 20 heavy (non-hydrogen) atoms. The number of rotatable bonds is 5. The van der Waals surface area contributed by atoms with E-state index in [2.05, 4.69) is 15.2 Å². The number of aromatic nitrogens is 5. The Kier molecular flexibility index (Phi) is 4.45. The van der Waals surface area contributed by atoms with E-state index in [9.17, 15) is 5.11 Å². The number of aliphatic hydroxyl groups excluding tert-OH is 1. The van der Waals surface area contributed by atoms with Crippen molar-refractivity contribution in [2.24, 2.45) is 7.05 Å². The van der Waals surface area contributed by atoms with Gasteiger partial charge < -0.3 is 5.11 Å². The van der Waals surface area contributed by atoms with Crippen molar-refractivity contribution in [2.45, 2.75) is 45.8 Å². The predicted molar refractivity (Wildman–Crippen MR) is 76.7 cm³/mol. The van der Waals surface area contributed by atoms with Crippen LogP contribution >= 0.6 is 11.6 Å². The van der Waals surface area contributed by atoms with Crippen LogP contribution in [0.3, 0.4) is 0 Å². The molecule has 0 fully saturated rings. The first-order valence-electron chi connectivity index (χ1n) is 6.72. The average molecular weight is 298 g/mol. The van der Waals surface area contributed by atoms with E-state index < -0.39 is 6.10 Å². The zero-order valence-corrected chi connectivity index (χ0v) is 13.0. The van der Waals surface area contributed by atoms with E-state index in [4.69, 9.17) is 11.6 Å². The van der Waals surface area contributed by atoms with Gasteiger partial charge in [-0.2, -0.15) is 10.2 Å². The van der Waals surface area contributed by atoms with Crippen molar-refractivity contribution in [3.05, 3.63) is 28.6 Å². The van der Waals surface area contributed by atoms with Gasteiger partial charge in [0.2, 0.25) is 0 Å². The van der Waals surface area contributed by atoms with Gasteiger partial charge in [-0.3, -0.25) is 9.36 Å². The van der Waals surface area contributed by atoms with Crippen molar-refractivity contribution in [1.82, 2.24) is 24.5 Å². The molecule has 0 aliphatic carbocycles. The molecule has 0 aromatic carbocycles. The van der Waals surface area contributed by atoms with Crippen LogP contribution in [0, 0.1) is 0 Å². The lowest BCUT2D eigenvalue weighted by atomic mass is 10.0. The second-order valence-electron chi connectivity index (χ2n) is 5.08. The van der Waals surface area contributed by atoms with Gasteiger partial charge >= 0.3 is 0 Å². The van der Waals surface area contributed by atoms with Crippen LogP contribution in [0.4, 0.5) is 0 Å². The minimum Gasteiger partial charge on any atom is -0.388 e. The molecular weight excluding hydrogens is 278 g/mol. The van der Waals surface area contributed by atoms with Gasteiger partial charge in [0.1, 0.15) is 17.3 Å². The molecule has 110 valence electrons. The maximum Gasteiger partial charge on any atom is 0.138 e. The highest BCUT2D eigenvalue weighted by Crippen LogP contribution is 2.32. The van der Waals surface area contributed by atoms with Crippen molar-refractivity contribution in [1.29, 1.82) is 0 Å². The molecule has 1 unspecified atom stereocenters. The minimum atomic E-state index is -0.733. The van der Waals surface area contributed by atoms with E-state index in [1.54, 1.807) is 16.4 Å². The van der Waals surface area contributed by atoms with Crippen LogP contribution in [0.1, 0.15) is 49.9 Å². The summed E-state index contributed by atoms with van der Waals surface area (Å²) in [7, 11) is 1.78. The molecule has 0 aliphatic heterocycles. The Labute approximate surface area is 123 Å². The summed E-state index contributed by atoms with van der Waals surface area (Å²) in [5.41, 5.74) is 1.52. The Morgan fingerprint density at radius 3 is 2.70 bits per heavy atom. The van der Waals surface area contributed by atoms with Gasteiger partial charge in [-0.05, 0) is 12.8 Å². The molecule has 6 nitrogen and oxygen atoms in total. The number of hydrogen-bond acceptors (Lipinski definition) is 4. The summed E-state index contributed by atoms with van der Waals surface area (Å²) >= 11 is 6.26. The number of aryl methyl sites for hydroxylation is 2. The van der Waals surface area contributed by atoms with Gasteiger partial charge in [-0.1, -0.05) is 25.4 Å². The lowest BCUT2D eigenvalue weighted by Gasteiger charge is -2.13. The van der Waals surface area contributed by atoms with Crippen molar-refractivity contribution >= 4 is 11.6 Å². The third kappa shape index (κ3) is 2.71. The number of aliphatic hydroxyl groups is 1. The molecule has 2 heterocycles. The molecule has 0 bridgehead atoms. The molecule has 0 saturated carbocycles. The molecular formula is C13H20ClN5O. The number of nitrogens with zero attached hydrogens (tertiary/aromatic N) is 5. The fourth-order valence-electron chi connectivity index (χ4n) is 2.26. The Balaban J connectivity index is 2.31. The highest BCUT2D eigenvalue weighted by Gasteiger charge is 2.25. The van der Waals surface area contributed by atoms with E-state index in [1.165, 1.54) is 6.33 Å². The molecule has 1 N–H and O–H groups in total. The Hall–Kier alpha value is -1.40. The number of halogens is 1. The SMILES string of the molecule is CCn1ncnc1CC(O)c1c(C(C)C)nn(C)c1Cl. The third-order valence-corrected chi connectivity index (χ3v) is 3.74. The molecule has 0 saturated heterocycles. The van der Waals surface area contributed by atoms with E-state index in [1.807, 2.05) is 20.8 Å². The van der Waals surface area contributed by atoms with Crippen LogP contribution in [0.2, 0.25) is 5.15 Å². The standard InChI is InChI=1S/C13H20ClN5O/c1-5-19-10(15-7-16-19)6-9(20)11-12(8(2)3)17-18(4)13(11)14/h7-9,20H,5-6H2,1-4H3. The first kappa shape index (κ1) is 15.0. The smallest absolute Gasteiger partial charge is 0.138 e. The predicted octanol–water partition coefficient (Wildman–Crippen LogP) is 2.08. The highest BCUT2D eigenvalue weighted by atomic mass is 35.5. The highest BCUT2D eigenvalue weighted by molar-refractivity contribution is 6.30. The quantitative estimate of drug-likeness (QED) is 0.917. The van der Waals surface area contributed by atoms with Crippen LogP contribution < -0.4 is 0 Å². The maximum atomic E-state index is 10.5.